The van der Waals surface area contributed by atoms with Gasteiger partial charge in [-0.1, -0.05) is 18.5 Å². The molecular formula is C16H17ClFNS. The molecule has 0 aliphatic heterocycles. The monoisotopic (exact) mass is 309 g/mol. The van der Waals surface area contributed by atoms with E-state index < -0.39 is 0 Å². The lowest BCUT2D eigenvalue weighted by Crippen LogP contribution is -2.21. The molecular weight excluding hydrogens is 293 g/mol. The van der Waals surface area contributed by atoms with Crippen LogP contribution in [-0.4, -0.2) is 6.54 Å². The van der Waals surface area contributed by atoms with Crippen LogP contribution in [0.1, 0.15) is 30.7 Å². The molecule has 1 nitrogen and oxygen atoms in total. The van der Waals surface area contributed by atoms with Crippen molar-refractivity contribution in [3.63, 3.8) is 0 Å². The molecule has 0 radical (unpaired) electrons. The van der Waals surface area contributed by atoms with Gasteiger partial charge < -0.3 is 5.32 Å². The number of halogens is 2. The highest BCUT2D eigenvalue weighted by Crippen LogP contribution is 2.44. The van der Waals surface area contributed by atoms with Crippen molar-refractivity contribution < 1.29 is 4.39 Å². The molecule has 1 atom stereocenters. The molecule has 0 bridgehead atoms. The molecule has 1 aromatic heterocycles. The van der Waals surface area contributed by atoms with Crippen LogP contribution in [0.15, 0.2) is 30.3 Å². The third-order valence-electron chi connectivity index (χ3n) is 3.60. The van der Waals surface area contributed by atoms with Gasteiger partial charge in [0.05, 0.1) is 0 Å². The minimum absolute atomic E-state index is 0.284. The Bertz CT molecular complexity index is 586. The highest BCUT2D eigenvalue weighted by atomic mass is 35.5. The summed E-state index contributed by atoms with van der Waals surface area (Å²) in [4.78, 5) is 2.41. The van der Waals surface area contributed by atoms with E-state index in [1.54, 1.807) is 17.4 Å². The SMILES string of the molecule is CCNC(c1ccc(-c2cc(F)cc(Cl)c2)s1)C1CC1. The van der Waals surface area contributed by atoms with E-state index in [1.165, 1.54) is 23.8 Å². The first-order valence-corrected chi connectivity index (χ1v) is 8.16. The van der Waals surface area contributed by atoms with Gasteiger partial charge in [-0.15, -0.1) is 11.3 Å². The van der Waals surface area contributed by atoms with Gasteiger partial charge in [0, 0.05) is 20.8 Å². The maximum Gasteiger partial charge on any atom is 0.125 e. The normalized spacial score (nSPS) is 16.4. The molecule has 1 heterocycles. The second-order valence-electron chi connectivity index (χ2n) is 5.23. The topological polar surface area (TPSA) is 12.0 Å². The predicted molar refractivity (Wildman–Crippen MR) is 83.9 cm³/mol. The molecule has 0 amide bonds. The molecule has 1 unspecified atom stereocenters. The maximum absolute atomic E-state index is 13.4. The Morgan fingerprint density at radius 3 is 2.80 bits per heavy atom. The molecule has 106 valence electrons. The minimum atomic E-state index is -0.284. The van der Waals surface area contributed by atoms with Gasteiger partial charge in [0.2, 0.25) is 0 Å². The predicted octanol–water partition coefficient (Wildman–Crippen LogP) is 5.27. The first-order valence-electron chi connectivity index (χ1n) is 6.97. The van der Waals surface area contributed by atoms with Crippen LogP contribution in [0.2, 0.25) is 5.02 Å². The fourth-order valence-corrected chi connectivity index (χ4v) is 3.91. The third kappa shape index (κ3) is 3.05. The van der Waals surface area contributed by atoms with Crippen LogP contribution in [0.4, 0.5) is 4.39 Å². The van der Waals surface area contributed by atoms with Crippen molar-refractivity contribution in [2.75, 3.05) is 6.54 Å². The molecule has 3 rings (SSSR count). The summed E-state index contributed by atoms with van der Waals surface area (Å²) in [5, 5.41) is 4.00. The van der Waals surface area contributed by atoms with Crippen LogP contribution in [0.3, 0.4) is 0 Å². The van der Waals surface area contributed by atoms with Crippen molar-refractivity contribution >= 4 is 22.9 Å². The van der Waals surface area contributed by atoms with E-state index in [1.807, 2.05) is 6.07 Å². The van der Waals surface area contributed by atoms with Crippen LogP contribution >= 0.6 is 22.9 Å². The fraction of sp³-hybridized carbons (Fsp3) is 0.375. The molecule has 1 aliphatic rings. The summed E-state index contributed by atoms with van der Waals surface area (Å²) in [5.74, 6) is 0.477. The zero-order chi connectivity index (χ0) is 14.1. The van der Waals surface area contributed by atoms with Crippen LogP contribution in [0.5, 0.6) is 0 Å². The van der Waals surface area contributed by atoms with E-state index in [2.05, 4.69) is 24.4 Å². The second-order valence-corrected chi connectivity index (χ2v) is 6.78. The zero-order valence-electron chi connectivity index (χ0n) is 11.3. The quantitative estimate of drug-likeness (QED) is 0.793. The first kappa shape index (κ1) is 14.1. The molecule has 0 saturated heterocycles. The Balaban J connectivity index is 1.88. The molecule has 1 N–H and O–H groups in total. The Morgan fingerprint density at radius 2 is 2.15 bits per heavy atom. The van der Waals surface area contributed by atoms with Crippen molar-refractivity contribution in [3.05, 3.63) is 46.0 Å². The number of hydrogen-bond acceptors (Lipinski definition) is 2. The van der Waals surface area contributed by atoms with Gasteiger partial charge in [-0.05, 0) is 61.2 Å². The summed E-state index contributed by atoms with van der Waals surface area (Å²) in [6.07, 6.45) is 2.60. The number of nitrogens with one attached hydrogen (secondary N) is 1. The number of benzene rings is 1. The lowest BCUT2D eigenvalue weighted by atomic mass is 10.1. The van der Waals surface area contributed by atoms with Gasteiger partial charge in [-0.3, -0.25) is 0 Å². The van der Waals surface area contributed by atoms with Crippen molar-refractivity contribution in [2.24, 2.45) is 5.92 Å². The Kier molecular flexibility index (Phi) is 4.11. The lowest BCUT2D eigenvalue weighted by molar-refractivity contribution is 0.504. The first-order chi connectivity index (χ1) is 9.67. The number of rotatable bonds is 5. The van der Waals surface area contributed by atoms with Crippen molar-refractivity contribution in [1.82, 2.24) is 5.32 Å². The summed E-state index contributed by atoms with van der Waals surface area (Å²) >= 11 is 7.66. The van der Waals surface area contributed by atoms with E-state index in [0.717, 1.165) is 22.9 Å². The van der Waals surface area contributed by atoms with Gasteiger partial charge in [-0.2, -0.15) is 0 Å². The van der Waals surface area contributed by atoms with Gasteiger partial charge in [-0.25, -0.2) is 4.39 Å². The van der Waals surface area contributed by atoms with E-state index in [4.69, 9.17) is 11.6 Å². The molecule has 1 aliphatic carbocycles. The van der Waals surface area contributed by atoms with Crippen molar-refractivity contribution in [2.45, 2.75) is 25.8 Å². The summed E-state index contributed by atoms with van der Waals surface area (Å²) in [7, 11) is 0. The highest BCUT2D eigenvalue weighted by molar-refractivity contribution is 7.15. The summed E-state index contributed by atoms with van der Waals surface area (Å²) in [6, 6.07) is 9.37. The molecule has 0 spiro atoms. The van der Waals surface area contributed by atoms with Crippen molar-refractivity contribution in [1.29, 1.82) is 0 Å². The maximum atomic E-state index is 13.4. The van der Waals surface area contributed by atoms with E-state index in [-0.39, 0.29) is 5.82 Å². The van der Waals surface area contributed by atoms with Gasteiger partial charge >= 0.3 is 0 Å². The average Bonchev–Trinajstić information content (AvgIpc) is 3.11. The third-order valence-corrected chi connectivity index (χ3v) is 5.03. The highest BCUT2D eigenvalue weighted by Gasteiger charge is 2.32. The lowest BCUT2D eigenvalue weighted by Gasteiger charge is -2.15. The number of hydrogen-bond donors (Lipinski definition) is 1. The molecule has 1 fully saturated rings. The fourth-order valence-electron chi connectivity index (χ4n) is 2.52. The van der Waals surface area contributed by atoms with Gasteiger partial charge in [0.25, 0.3) is 0 Å². The van der Waals surface area contributed by atoms with Crippen LogP contribution in [0.25, 0.3) is 10.4 Å². The average molecular weight is 310 g/mol. The largest absolute Gasteiger partial charge is 0.309 e. The van der Waals surface area contributed by atoms with Gasteiger partial charge in [0.15, 0.2) is 0 Å². The Labute approximate surface area is 127 Å². The summed E-state index contributed by atoms with van der Waals surface area (Å²) in [5.41, 5.74) is 0.859. The summed E-state index contributed by atoms with van der Waals surface area (Å²) in [6.45, 7) is 3.11. The zero-order valence-corrected chi connectivity index (χ0v) is 12.9. The number of thiophene rings is 1. The molecule has 4 heteroatoms. The van der Waals surface area contributed by atoms with Crippen LogP contribution in [-0.2, 0) is 0 Å². The Hall–Kier alpha value is -0.900. The molecule has 20 heavy (non-hydrogen) atoms. The molecule has 2 aromatic rings. The van der Waals surface area contributed by atoms with E-state index in [9.17, 15) is 4.39 Å². The molecule has 1 aromatic carbocycles. The van der Waals surface area contributed by atoms with Crippen LogP contribution < -0.4 is 5.32 Å². The smallest absolute Gasteiger partial charge is 0.125 e. The van der Waals surface area contributed by atoms with E-state index in [0.29, 0.717) is 11.1 Å². The van der Waals surface area contributed by atoms with Crippen molar-refractivity contribution in [3.8, 4) is 10.4 Å². The van der Waals surface area contributed by atoms with Crippen LogP contribution in [0, 0.1) is 11.7 Å². The molecule has 1 saturated carbocycles. The summed E-state index contributed by atoms with van der Waals surface area (Å²) < 4.78 is 13.4. The minimum Gasteiger partial charge on any atom is -0.309 e. The standard InChI is InChI=1S/C16H17ClFNS/c1-2-19-16(10-3-4-10)15-6-5-14(20-15)11-7-12(17)9-13(18)8-11/h5-10,16,19H,2-4H2,1H3. The van der Waals surface area contributed by atoms with E-state index >= 15 is 0 Å². The Morgan fingerprint density at radius 1 is 1.35 bits per heavy atom. The van der Waals surface area contributed by atoms with Gasteiger partial charge in [0.1, 0.15) is 5.82 Å². The second kappa shape index (κ2) is 5.84.